The number of rotatable bonds is 7. The molecule has 1 aliphatic heterocycles. The highest BCUT2D eigenvalue weighted by Gasteiger charge is 2.37. The fourth-order valence-electron chi connectivity index (χ4n) is 3.85. The first-order valence-electron chi connectivity index (χ1n) is 10.7. The van der Waals surface area contributed by atoms with E-state index in [1.54, 1.807) is 11.1 Å². The number of hydrogen-bond donors (Lipinski definition) is 1. The molecule has 0 saturated carbocycles. The van der Waals surface area contributed by atoms with Crippen molar-refractivity contribution in [2.24, 2.45) is 5.92 Å². The second kappa shape index (κ2) is 9.16. The Morgan fingerprint density at radius 3 is 2.84 bits per heavy atom. The van der Waals surface area contributed by atoms with E-state index in [0.717, 1.165) is 27.9 Å². The summed E-state index contributed by atoms with van der Waals surface area (Å²) in [4.78, 5) is 31.4. The molecule has 2 amide bonds. The molecule has 3 aromatic rings. The van der Waals surface area contributed by atoms with Gasteiger partial charge >= 0.3 is 0 Å². The Bertz CT molecular complexity index is 1110. The van der Waals surface area contributed by atoms with E-state index < -0.39 is 5.92 Å². The number of amides is 2. The number of pyridine rings is 1. The third-order valence-corrected chi connectivity index (χ3v) is 5.80. The van der Waals surface area contributed by atoms with Gasteiger partial charge in [-0.15, -0.1) is 0 Å². The predicted octanol–water partition coefficient (Wildman–Crippen LogP) is 3.79. The van der Waals surface area contributed by atoms with Gasteiger partial charge in [0.05, 0.1) is 6.61 Å². The highest BCUT2D eigenvalue weighted by atomic mass is 16.5. The van der Waals surface area contributed by atoms with Gasteiger partial charge in [0.2, 0.25) is 11.8 Å². The molecule has 6 nitrogen and oxygen atoms in total. The van der Waals surface area contributed by atoms with Crippen LogP contribution in [-0.2, 0) is 9.59 Å². The van der Waals surface area contributed by atoms with Gasteiger partial charge in [-0.3, -0.25) is 14.6 Å². The molecule has 4 rings (SSSR count). The van der Waals surface area contributed by atoms with E-state index in [1.165, 1.54) is 5.56 Å². The van der Waals surface area contributed by atoms with Crippen molar-refractivity contribution in [3.8, 4) is 5.75 Å². The predicted molar refractivity (Wildman–Crippen MR) is 121 cm³/mol. The van der Waals surface area contributed by atoms with Crippen LogP contribution in [0.25, 0.3) is 10.9 Å². The Balaban J connectivity index is 1.25. The summed E-state index contributed by atoms with van der Waals surface area (Å²) in [7, 11) is 0. The van der Waals surface area contributed by atoms with Gasteiger partial charge in [0.1, 0.15) is 17.2 Å². The summed E-state index contributed by atoms with van der Waals surface area (Å²) in [6.45, 7) is 5.56. The van der Waals surface area contributed by atoms with E-state index in [4.69, 9.17) is 4.74 Å². The zero-order valence-corrected chi connectivity index (χ0v) is 17.9. The smallest absolute Gasteiger partial charge is 0.239 e. The molecule has 0 radical (unpaired) electrons. The molecule has 160 valence electrons. The number of hydrogen-bond acceptors (Lipinski definition) is 4. The van der Waals surface area contributed by atoms with Crippen molar-refractivity contribution in [3.05, 3.63) is 65.9 Å². The van der Waals surface area contributed by atoms with E-state index in [1.807, 2.05) is 62.4 Å². The lowest BCUT2D eigenvalue weighted by molar-refractivity contribution is -0.132. The number of nitrogens with one attached hydrogen (secondary N) is 1. The maximum absolute atomic E-state index is 12.8. The number of anilines is 1. The van der Waals surface area contributed by atoms with Gasteiger partial charge < -0.3 is 15.0 Å². The number of benzene rings is 2. The van der Waals surface area contributed by atoms with Crippen LogP contribution in [0.3, 0.4) is 0 Å². The van der Waals surface area contributed by atoms with Gasteiger partial charge in [0.15, 0.2) is 0 Å². The molecule has 0 spiro atoms. The third-order valence-electron chi connectivity index (χ3n) is 5.80. The maximum Gasteiger partial charge on any atom is 0.239 e. The lowest BCUT2D eigenvalue weighted by Gasteiger charge is -2.18. The summed E-state index contributed by atoms with van der Waals surface area (Å²) < 4.78 is 5.85. The summed E-state index contributed by atoms with van der Waals surface area (Å²) in [5.74, 6) is -0.216. The van der Waals surface area contributed by atoms with Crippen LogP contribution in [0.4, 0.5) is 5.69 Å². The van der Waals surface area contributed by atoms with Crippen molar-refractivity contribution in [1.29, 1.82) is 0 Å². The van der Waals surface area contributed by atoms with E-state index in [2.05, 4.69) is 10.3 Å². The fraction of sp³-hybridized carbons (Fsp3) is 0.320. The number of carbonyl (C=O) groups is 2. The van der Waals surface area contributed by atoms with Crippen molar-refractivity contribution >= 4 is 28.4 Å². The highest BCUT2D eigenvalue weighted by molar-refractivity contribution is 6.09. The summed E-state index contributed by atoms with van der Waals surface area (Å²) in [5, 5.41) is 3.92. The van der Waals surface area contributed by atoms with E-state index in [-0.39, 0.29) is 11.8 Å². The van der Waals surface area contributed by atoms with E-state index >= 15 is 0 Å². The second-order valence-electron chi connectivity index (χ2n) is 7.92. The van der Waals surface area contributed by atoms with Crippen LogP contribution in [-0.4, -0.2) is 36.5 Å². The fourth-order valence-corrected chi connectivity index (χ4v) is 3.85. The van der Waals surface area contributed by atoms with Crippen LogP contribution in [0.15, 0.2) is 54.7 Å². The zero-order valence-electron chi connectivity index (χ0n) is 17.9. The summed E-state index contributed by atoms with van der Waals surface area (Å²) in [5.41, 5.74) is 4.02. The number of aryl methyl sites for hydroxylation is 2. The van der Waals surface area contributed by atoms with Crippen molar-refractivity contribution in [1.82, 2.24) is 10.3 Å². The minimum Gasteiger partial charge on any atom is -0.491 e. The largest absolute Gasteiger partial charge is 0.491 e. The Morgan fingerprint density at radius 1 is 1.16 bits per heavy atom. The number of para-hydroxylation sites is 1. The van der Waals surface area contributed by atoms with Gasteiger partial charge in [-0.25, -0.2) is 0 Å². The molecule has 1 aliphatic rings. The monoisotopic (exact) mass is 417 g/mol. The molecule has 6 heteroatoms. The molecule has 1 atom stereocenters. The minimum absolute atomic E-state index is 0.126. The van der Waals surface area contributed by atoms with Crippen LogP contribution in [0, 0.1) is 19.8 Å². The third kappa shape index (κ3) is 4.53. The van der Waals surface area contributed by atoms with Crippen LogP contribution < -0.4 is 15.0 Å². The lowest BCUT2D eigenvalue weighted by Crippen LogP contribution is -2.37. The van der Waals surface area contributed by atoms with Crippen LogP contribution in [0.2, 0.25) is 0 Å². The van der Waals surface area contributed by atoms with Gasteiger partial charge in [0.25, 0.3) is 0 Å². The molecular weight excluding hydrogens is 390 g/mol. The van der Waals surface area contributed by atoms with Crippen LogP contribution in [0.1, 0.15) is 24.0 Å². The number of nitrogens with zero attached hydrogens (tertiary/aromatic N) is 2. The second-order valence-corrected chi connectivity index (χ2v) is 7.92. The summed E-state index contributed by atoms with van der Waals surface area (Å²) >= 11 is 0. The lowest BCUT2D eigenvalue weighted by atomic mass is 10.1. The molecule has 31 heavy (non-hydrogen) atoms. The average Bonchev–Trinajstić information content (AvgIpc) is 3.17. The Morgan fingerprint density at radius 2 is 2.00 bits per heavy atom. The zero-order chi connectivity index (χ0) is 21.8. The van der Waals surface area contributed by atoms with Crippen LogP contribution >= 0.6 is 0 Å². The number of fused-ring (bicyclic) bond motifs is 1. The van der Waals surface area contributed by atoms with Crippen LogP contribution in [0.5, 0.6) is 5.75 Å². The van der Waals surface area contributed by atoms with Gasteiger partial charge in [-0.05, 0) is 62.1 Å². The Kier molecular flexibility index (Phi) is 6.16. The standard InChI is InChI=1S/C25H27N3O3/c1-17-9-10-20(16-18(17)2)28-14-11-21(25(28)30)24(29)27-13-5-15-31-22-8-3-6-19-7-4-12-26-23(19)22/h3-4,6-10,12,16,21H,5,11,13-15H2,1-2H3,(H,27,29). The number of aromatic nitrogens is 1. The van der Waals surface area contributed by atoms with Crippen molar-refractivity contribution in [3.63, 3.8) is 0 Å². The van der Waals surface area contributed by atoms with E-state index in [0.29, 0.717) is 32.5 Å². The molecule has 1 N–H and O–H groups in total. The topological polar surface area (TPSA) is 71.5 Å². The van der Waals surface area contributed by atoms with Crippen molar-refractivity contribution in [2.75, 3.05) is 24.6 Å². The number of carbonyl (C=O) groups excluding carboxylic acids is 2. The molecule has 2 aromatic carbocycles. The van der Waals surface area contributed by atoms with E-state index in [9.17, 15) is 9.59 Å². The maximum atomic E-state index is 12.8. The molecule has 1 saturated heterocycles. The van der Waals surface area contributed by atoms with Gasteiger partial charge in [-0.1, -0.05) is 24.3 Å². The van der Waals surface area contributed by atoms with Crippen molar-refractivity contribution < 1.29 is 14.3 Å². The first-order chi connectivity index (χ1) is 15.0. The molecule has 1 fully saturated rings. The minimum atomic E-state index is -0.621. The average molecular weight is 418 g/mol. The SMILES string of the molecule is Cc1ccc(N2CCC(C(=O)NCCCOc3cccc4cccnc34)C2=O)cc1C. The highest BCUT2D eigenvalue weighted by Crippen LogP contribution is 2.27. The quantitative estimate of drug-likeness (QED) is 0.469. The molecule has 0 bridgehead atoms. The molecule has 1 unspecified atom stereocenters. The van der Waals surface area contributed by atoms with Crippen molar-refractivity contribution in [2.45, 2.75) is 26.7 Å². The summed E-state index contributed by atoms with van der Waals surface area (Å²) in [6, 6.07) is 15.7. The Hall–Kier alpha value is -3.41. The molecular formula is C25H27N3O3. The Labute approximate surface area is 182 Å². The van der Waals surface area contributed by atoms with Gasteiger partial charge in [-0.2, -0.15) is 0 Å². The summed E-state index contributed by atoms with van der Waals surface area (Å²) in [6.07, 6.45) is 2.93. The molecule has 0 aliphatic carbocycles. The number of ether oxygens (including phenoxy) is 1. The normalized spacial score (nSPS) is 16.0. The first kappa shape index (κ1) is 20.8. The first-order valence-corrected chi connectivity index (χ1v) is 10.7. The molecule has 2 heterocycles. The van der Waals surface area contributed by atoms with Gasteiger partial charge in [0, 0.05) is 30.4 Å². The molecule has 1 aromatic heterocycles.